The molecule has 0 radical (unpaired) electrons. The molecule has 0 saturated carbocycles. The zero-order valence-electron chi connectivity index (χ0n) is 15.2. The van der Waals surface area contributed by atoms with Gasteiger partial charge in [0.1, 0.15) is 0 Å². The van der Waals surface area contributed by atoms with Crippen LogP contribution < -0.4 is 4.90 Å². The van der Waals surface area contributed by atoms with Crippen LogP contribution in [0.3, 0.4) is 0 Å². The molecule has 1 N–H and O–H groups in total. The number of aliphatic hydroxyl groups is 1. The van der Waals surface area contributed by atoms with Gasteiger partial charge in [0.25, 0.3) is 0 Å². The van der Waals surface area contributed by atoms with Crippen molar-refractivity contribution in [1.29, 1.82) is 0 Å². The first kappa shape index (κ1) is 24.4. The topological polar surface area (TPSA) is 23.5 Å². The van der Waals surface area contributed by atoms with Gasteiger partial charge < -0.3 is 10.0 Å². The summed E-state index contributed by atoms with van der Waals surface area (Å²) in [5, 5.41) is 10.1. The summed E-state index contributed by atoms with van der Waals surface area (Å²) in [5.74, 6) is -19.6. The summed E-state index contributed by atoms with van der Waals surface area (Å²) >= 11 is 0. The highest BCUT2D eigenvalue weighted by atomic mass is 19.4. The van der Waals surface area contributed by atoms with Crippen LogP contribution in [0.25, 0.3) is 0 Å². The monoisotopic (exact) mass is 425 g/mol. The Balaban J connectivity index is 3.19. The largest absolute Gasteiger partial charge is 0.460 e. The van der Waals surface area contributed by atoms with Crippen molar-refractivity contribution in [1.82, 2.24) is 0 Å². The summed E-state index contributed by atoms with van der Waals surface area (Å²) in [5.41, 5.74) is -2.52. The lowest BCUT2D eigenvalue weighted by atomic mass is 9.86. The highest BCUT2D eigenvalue weighted by Gasteiger charge is 2.81. The zero-order valence-corrected chi connectivity index (χ0v) is 15.2. The fraction of sp³-hybridized carbons (Fsp3) is 0.647. The molecule has 28 heavy (non-hydrogen) atoms. The molecule has 0 bridgehead atoms. The van der Waals surface area contributed by atoms with Gasteiger partial charge in [0.05, 0.1) is 12.0 Å². The normalized spacial score (nSPS) is 16.0. The maximum Gasteiger partial charge on any atom is 0.460 e. The van der Waals surface area contributed by atoms with Crippen LogP contribution in [-0.4, -0.2) is 42.1 Å². The first-order valence-electron chi connectivity index (χ1n) is 8.22. The molecule has 11 heteroatoms. The molecule has 0 aliphatic heterocycles. The number of nitrogens with zero attached hydrogens (tertiary/aromatic N) is 1. The van der Waals surface area contributed by atoms with Crippen LogP contribution in [-0.2, 0) is 5.60 Å². The summed E-state index contributed by atoms with van der Waals surface area (Å²) in [6.07, 6.45) is -9.24. The van der Waals surface area contributed by atoms with Crippen LogP contribution >= 0.6 is 0 Å². The lowest BCUT2D eigenvalue weighted by Gasteiger charge is -2.37. The standard InChI is InChI=1S/C17H20F9NO/c1-4-27(5-2)12-8-6-11(7-9-12)13(3,28)10-14(18,19)15(20,21)16(22,23)17(24,25)26/h6-9,28H,4-5,10H2,1-3H3. The molecule has 2 nitrogen and oxygen atoms in total. The number of hydrogen-bond acceptors (Lipinski definition) is 2. The minimum Gasteiger partial charge on any atom is -0.385 e. The quantitative estimate of drug-likeness (QED) is 0.549. The number of halogens is 9. The van der Waals surface area contributed by atoms with Crippen molar-refractivity contribution < 1.29 is 44.6 Å². The van der Waals surface area contributed by atoms with Crippen molar-refractivity contribution in [3.05, 3.63) is 29.8 Å². The molecule has 0 heterocycles. The van der Waals surface area contributed by atoms with Gasteiger partial charge >= 0.3 is 23.9 Å². The van der Waals surface area contributed by atoms with E-state index in [1.807, 2.05) is 18.7 Å². The number of anilines is 1. The second kappa shape index (κ2) is 7.64. The molecular weight excluding hydrogens is 405 g/mol. The SMILES string of the molecule is CCN(CC)c1ccc(C(C)(O)CC(F)(F)C(F)(F)C(F)(F)C(F)(F)F)cc1. The molecule has 162 valence electrons. The zero-order chi connectivity index (χ0) is 22.2. The Labute approximate surface area is 155 Å². The Morgan fingerprint density at radius 2 is 1.21 bits per heavy atom. The maximum atomic E-state index is 13.8. The lowest BCUT2D eigenvalue weighted by Crippen LogP contribution is -2.62. The summed E-state index contributed by atoms with van der Waals surface area (Å²) in [4.78, 5) is 1.84. The predicted octanol–water partition coefficient (Wildman–Crippen LogP) is 5.60. The molecule has 0 aliphatic rings. The van der Waals surface area contributed by atoms with Crippen molar-refractivity contribution in [3.8, 4) is 0 Å². The summed E-state index contributed by atoms with van der Waals surface area (Å²) in [6, 6.07) is 5.00. The van der Waals surface area contributed by atoms with Gasteiger partial charge in [-0.1, -0.05) is 12.1 Å². The van der Waals surface area contributed by atoms with Crippen molar-refractivity contribution in [3.63, 3.8) is 0 Å². The Morgan fingerprint density at radius 3 is 1.57 bits per heavy atom. The molecule has 0 aromatic heterocycles. The molecule has 1 rings (SSSR count). The van der Waals surface area contributed by atoms with E-state index in [1.165, 1.54) is 12.1 Å². The van der Waals surface area contributed by atoms with E-state index in [9.17, 15) is 44.6 Å². The Kier molecular flexibility index (Phi) is 6.66. The van der Waals surface area contributed by atoms with Crippen LogP contribution in [0.4, 0.5) is 45.2 Å². The molecule has 1 aromatic carbocycles. The third kappa shape index (κ3) is 4.33. The molecule has 0 fully saturated rings. The number of alkyl halides is 9. The molecule has 1 aromatic rings. The summed E-state index contributed by atoms with van der Waals surface area (Å²) in [7, 11) is 0. The fourth-order valence-electron chi connectivity index (χ4n) is 2.67. The number of benzene rings is 1. The van der Waals surface area contributed by atoms with Crippen molar-refractivity contribution in [2.24, 2.45) is 0 Å². The van der Waals surface area contributed by atoms with Crippen LogP contribution in [0.2, 0.25) is 0 Å². The fourth-order valence-corrected chi connectivity index (χ4v) is 2.67. The maximum absolute atomic E-state index is 13.8. The van der Waals surface area contributed by atoms with Gasteiger partial charge in [-0.2, -0.15) is 39.5 Å². The van der Waals surface area contributed by atoms with Gasteiger partial charge in [-0.3, -0.25) is 0 Å². The Morgan fingerprint density at radius 1 is 0.786 bits per heavy atom. The highest BCUT2D eigenvalue weighted by molar-refractivity contribution is 5.48. The van der Waals surface area contributed by atoms with E-state index >= 15 is 0 Å². The van der Waals surface area contributed by atoms with Crippen molar-refractivity contribution >= 4 is 5.69 Å². The third-order valence-electron chi connectivity index (χ3n) is 4.39. The highest BCUT2D eigenvalue weighted by Crippen LogP contribution is 2.55. The van der Waals surface area contributed by atoms with Crippen molar-refractivity contribution in [2.45, 2.75) is 56.7 Å². The third-order valence-corrected chi connectivity index (χ3v) is 4.39. The van der Waals surface area contributed by atoms with Gasteiger partial charge in [0, 0.05) is 18.8 Å². The molecule has 1 unspecified atom stereocenters. The first-order valence-corrected chi connectivity index (χ1v) is 8.22. The molecular formula is C17H20F9NO. The van der Waals surface area contributed by atoms with Crippen molar-refractivity contribution in [2.75, 3.05) is 18.0 Å². The minimum absolute atomic E-state index is 0.339. The minimum atomic E-state index is -6.98. The average Bonchev–Trinajstić information content (AvgIpc) is 2.54. The van der Waals surface area contributed by atoms with Crippen LogP contribution in [0.1, 0.15) is 32.8 Å². The van der Waals surface area contributed by atoms with Crippen LogP contribution in [0, 0.1) is 0 Å². The second-order valence-corrected chi connectivity index (χ2v) is 6.52. The molecule has 0 saturated heterocycles. The average molecular weight is 425 g/mol. The first-order chi connectivity index (χ1) is 12.4. The van der Waals surface area contributed by atoms with E-state index in [0.29, 0.717) is 25.7 Å². The van der Waals surface area contributed by atoms with E-state index < -0.39 is 36.0 Å². The van der Waals surface area contributed by atoms with Crippen LogP contribution in [0.15, 0.2) is 24.3 Å². The van der Waals surface area contributed by atoms with E-state index in [0.717, 1.165) is 12.1 Å². The van der Waals surface area contributed by atoms with Crippen LogP contribution in [0.5, 0.6) is 0 Å². The summed E-state index contributed by atoms with van der Waals surface area (Å²) in [6.45, 7) is 5.47. The summed E-state index contributed by atoms with van der Waals surface area (Å²) < 4.78 is 117. The van der Waals surface area contributed by atoms with Gasteiger partial charge in [0.2, 0.25) is 0 Å². The smallest absolute Gasteiger partial charge is 0.385 e. The number of hydrogen-bond donors (Lipinski definition) is 1. The second-order valence-electron chi connectivity index (χ2n) is 6.52. The number of rotatable bonds is 8. The van der Waals surface area contributed by atoms with Gasteiger partial charge in [-0.25, -0.2) is 0 Å². The van der Waals surface area contributed by atoms with E-state index in [1.54, 1.807) is 0 Å². The van der Waals surface area contributed by atoms with Gasteiger partial charge in [-0.05, 0) is 38.5 Å². The lowest BCUT2D eigenvalue weighted by molar-refractivity contribution is -0.400. The predicted molar refractivity (Wildman–Crippen MR) is 85.1 cm³/mol. The Bertz CT molecular complexity index is 650. The Hall–Kier alpha value is -1.65. The molecule has 1 atom stereocenters. The van der Waals surface area contributed by atoms with Gasteiger partial charge in [-0.15, -0.1) is 0 Å². The van der Waals surface area contributed by atoms with Gasteiger partial charge in [0.15, 0.2) is 0 Å². The molecule has 0 amide bonds. The van der Waals surface area contributed by atoms with E-state index in [4.69, 9.17) is 0 Å². The van der Waals surface area contributed by atoms with E-state index in [-0.39, 0.29) is 5.56 Å². The molecule has 0 spiro atoms. The van der Waals surface area contributed by atoms with E-state index in [2.05, 4.69) is 0 Å². The molecule has 0 aliphatic carbocycles.